The SMILES string of the molecule is CCc1nccn1C1CCCN(c2cc(C)c([N+](=O)[O-])cn2)C1. The quantitative estimate of drug-likeness (QED) is 0.640. The summed E-state index contributed by atoms with van der Waals surface area (Å²) in [5.74, 6) is 1.92. The lowest BCUT2D eigenvalue weighted by Gasteiger charge is -2.35. The number of aryl methyl sites for hydroxylation is 2. The first-order chi connectivity index (χ1) is 11.1. The first-order valence-corrected chi connectivity index (χ1v) is 7.97. The molecule has 2 aromatic heterocycles. The first-order valence-electron chi connectivity index (χ1n) is 7.97. The number of nitro groups is 1. The number of piperidine rings is 1. The number of anilines is 1. The van der Waals surface area contributed by atoms with Gasteiger partial charge in [-0.3, -0.25) is 10.1 Å². The zero-order valence-corrected chi connectivity index (χ0v) is 13.5. The van der Waals surface area contributed by atoms with E-state index in [-0.39, 0.29) is 10.6 Å². The summed E-state index contributed by atoms with van der Waals surface area (Å²) in [6, 6.07) is 2.19. The van der Waals surface area contributed by atoms with Gasteiger partial charge in [-0.05, 0) is 25.8 Å². The standard InChI is InChI=1S/C16H21N5O2/c1-3-15-17-6-8-20(15)13-5-4-7-19(11-13)16-9-12(2)14(10-18-16)21(22)23/h6,8-10,13H,3-5,7,11H2,1-2H3. The van der Waals surface area contributed by atoms with Gasteiger partial charge in [0, 0.05) is 37.5 Å². The van der Waals surface area contributed by atoms with Crippen molar-refractivity contribution in [3.05, 3.63) is 46.2 Å². The van der Waals surface area contributed by atoms with E-state index < -0.39 is 0 Å². The number of aromatic nitrogens is 3. The summed E-state index contributed by atoms with van der Waals surface area (Å²) in [6.07, 6.45) is 8.37. The molecule has 0 radical (unpaired) electrons. The van der Waals surface area contributed by atoms with Crippen molar-refractivity contribution < 1.29 is 4.92 Å². The molecule has 0 N–H and O–H groups in total. The van der Waals surface area contributed by atoms with E-state index in [0.717, 1.165) is 44.0 Å². The first kappa shape index (κ1) is 15.5. The fourth-order valence-corrected chi connectivity index (χ4v) is 3.24. The maximum absolute atomic E-state index is 10.9. The zero-order valence-electron chi connectivity index (χ0n) is 13.5. The van der Waals surface area contributed by atoms with Crippen molar-refractivity contribution in [2.24, 2.45) is 0 Å². The van der Waals surface area contributed by atoms with Gasteiger partial charge in [-0.15, -0.1) is 0 Å². The highest BCUT2D eigenvalue weighted by molar-refractivity contribution is 5.49. The normalized spacial score (nSPS) is 18.2. The average molecular weight is 315 g/mol. The summed E-state index contributed by atoms with van der Waals surface area (Å²) in [6.45, 7) is 5.65. The minimum Gasteiger partial charge on any atom is -0.355 e. The Morgan fingerprint density at radius 1 is 1.43 bits per heavy atom. The molecule has 0 bridgehead atoms. The third-order valence-corrected chi connectivity index (χ3v) is 4.44. The van der Waals surface area contributed by atoms with Crippen molar-refractivity contribution >= 4 is 11.5 Å². The lowest BCUT2D eigenvalue weighted by atomic mass is 10.0. The maximum atomic E-state index is 10.9. The number of hydrogen-bond acceptors (Lipinski definition) is 5. The van der Waals surface area contributed by atoms with Gasteiger partial charge in [-0.1, -0.05) is 6.92 Å². The summed E-state index contributed by atoms with van der Waals surface area (Å²) in [5, 5.41) is 10.9. The summed E-state index contributed by atoms with van der Waals surface area (Å²) < 4.78 is 2.25. The van der Waals surface area contributed by atoms with E-state index in [1.807, 2.05) is 18.5 Å². The topological polar surface area (TPSA) is 77.1 Å². The summed E-state index contributed by atoms with van der Waals surface area (Å²) in [7, 11) is 0. The molecule has 3 heterocycles. The van der Waals surface area contributed by atoms with Crippen LogP contribution in [0.4, 0.5) is 11.5 Å². The fraction of sp³-hybridized carbons (Fsp3) is 0.500. The van der Waals surface area contributed by atoms with Crippen LogP contribution in [0.15, 0.2) is 24.7 Å². The van der Waals surface area contributed by atoms with Gasteiger partial charge in [0.15, 0.2) is 0 Å². The van der Waals surface area contributed by atoms with Gasteiger partial charge in [-0.25, -0.2) is 9.97 Å². The van der Waals surface area contributed by atoms with E-state index >= 15 is 0 Å². The van der Waals surface area contributed by atoms with Crippen molar-refractivity contribution in [3.8, 4) is 0 Å². The third-order valence-electron chi connectivity index (χ3n) is 4.44. The van der Waals surface area contributed by atoms with Crippen molar-refractivity contribution in [2.45, 2.75) is 39.2 Å². The van der Waals surface area contributed by atoms with Crippen LogP contribution in [-0.2, 0) is 6.42 Å². The summed E-state index contributed by atoms with van der Waals surface area (Å²) >= 11 is 0. The Hall–Kier alpha value is -2.44. The smallest absolute Gasteiger partial charge is 0.290 e. The van der Waals surface area contributed by atoms with Crippen LogP contribution in [0.5, 0.6) is 0 Å². The van der Waals surface area contributed by atoms with Gasteiger partial charge in [0.25, 0.3) is 5.69 Å². The van der Waals surface area contributed by atoms with E-state index in [1.165, 1.54) is 6.20 Å². The lowest BCUT2D eigenvalue weighted by Crippen LogP contribution is -2.37. The molecule has 1 unspecified atom stereocenters. The van der Waals surface area contributed by atoms with Crippen molar-refractivity contribution in [1.29, 1.82) is 0 Å². The Bertz CT molecular complexity index is 712. The molecule has 3 rings (SSSR count). The second kappa shape index (κ2) is 6.36. The molecule has 1 fully saturated rings. The minimum absolute atomic E-state index is 0.0742. The Morgan fingerprint density at radius 3 is 2.96 bits per heavy atom. The molecule has 23 heavy (non-hydrogen) atoms. The van der Waals surface area contributed by atoms with Crippen LogP contribution in [0.25, 0.3) is 0 Å². The molecule has 0 saturated carbocycles. The molecule has 7 heteroatoms. The Balaban J connectivity index is 1.81. The molecule has 1 aliphatic heterocycles. The van der Waals surface area contributed by atoms with Gasteiger partial charge < -0.3 is 9.47 Å². The van der Waals surface area contributed by atoms with Crippen LogP contribution in [0, 0.1) is 17.0 Å². The van der Waals surface area contributed by atoms with Crippen molar-refractivity contribution in [1.82, 2.24) is 14.5 Å². The van der Waals surface area contributed by atoms with Crippen LogP contribution in [0.1, 0.15) is 37.2 Å². The van der Waals surface area contributed by atoms with E-state index in [1.54, 1.807) is 6.92 Å². The van der Waals surface area contributed by atoms with E-state index in [4.69, 9.17) is 0 Å². The molecule has 0 spiro atoms. The Morgan fingerprint density at radius 2 is 2.26 bits per heavy atom. The number of pyridine rings is 1. The lowest BCUT2D eigenvalue weighted by molar-refractivity contribution is -0.385. The molecule has 1 saturated heterocycles. The van der Waals surface area contributed by atoms with Crippen molar-refractivity contribution in [2.75, 3.05) is 18.0 Å². The number of imidazole rings is 1. The zero-order chi connectivity index (χ0) is 16.4. The molecule has 0 aliphatic carbocycles. The molecule has 7 nitrogen and oxygen atoms in total. The fourth-order valence-electron chi connectivity index (χ4n) is 3.24. The van der Waals surface area contributed by atoms with Gasteiger partial charge in [-0.2, -0.15) is 0 Å². The number of nitrogens with zero attached hydrogens (tertiary/aromatic N) is 5. The highest BCUT2D eigenvalue weighted by Gasteiger charge is 2.24. The molecule has 1 atom stereocenters. The van der Waals surface area contributed by atoms with Crippen LogP contribution in [0.2, 0.25) is 0 Å². The largest absolute Gasteiger partial charge is 0.355 e. The molecule has 122 valence electrons. The summed E-state index contributed by atoms with van der Waals surface area (Å²) in [4.78, 5) is 21.5. The van der Waals surface area contributed by atoms with Crippen LogP contribution in [-0.4, -0.2) is 32.5 Å². The van der Waals surface area contributed by atoms with Gasteiger partial charge >= 0.3 is 0 Å². The average Bonchev–Trinajstić information content (AvgIpc) is 3.03. The molecule has 0 amide bonds. The van der Waals surface area contributed by atoms with E-state index in [2.05, 4.69) is 26.4 Å². The second-order valence-corrected chi connectivity index (χ2v) is 5.93. The van der Waals surface area contributed by atoms with E-state index in [0.29, 0.717) is 11.6 Å². The monoisotopic (exact) mass is 315 g/mol. The molecular formula is C16H21N5O2. The minimum atomic E-state index is -0.385. The number of hydrogen-bond donors (Lipinski definition) is 0. The van der Waals surface area contributed by atoms with Crippen LogP contribution in [0.3, 0.4) is 0 Å². The predicted octanol–water partition coefficient (Wildman–Crippen LogP) is 2.90. The molecule has 1 aliphatic rings. The van der Waals surface area contributed by atoms with Crippen LogP contribution >= 0.6 is 0 Å². The summed E-state index contributed by atoms with van der Waals surface area (Å²) in [5.41, 5.74) is 0.726. The Kier molecular flexibility index (Phi) is 4.27. The second-order valence-electron chi connectivity index (χ2n) is 5.93. The van der Waals surface area contributed by atoms with Crippen molar-refractivity contribution in [3.63, 3.8) is 0 Å². The maximum Gasteiger partial charge on any atom is 0.290 e. The highest BCUT2D eigenvalue weighted by Crippen LogP contribution is 2.28. The van der Waals surface area contributed by atoms with E-state index in [9.17, 15) is 10.1 Å². The third kappa shape index (κ3) is 3.04. The molecule has 2 aromatic rings. The van der Waals surface area contributed by atoms with Gasteiger partial charge in [0.05, 0.1) is 11.0 Å². The molecule has 0 aromatic carbocycles. The molecular weight excluding hydrogens is 294 g/mol. The highest BCUT2D eigenvalue weighted by atomic mass is 16.6. The van der Waals surface area contributed by atoms with Gasteiger partial charge in [0.2, 0.25) is 0 Å². The predicted molar refractivity (Wildman–Crippen MR) is 87.7 cm³/mol. The van der Waals surface area contributed by atoms with Crippen LogP contribution < -0.4 is 4.90 Å². The Labute approximate surface area is 135 Å². The van der Waals surface area contributed by atoms with Gasteiger partial charge in [0.1, 0.15) is 17.8 Å². The number of rotatable bonds is 4.